The van der Waals surface area contributed by atoms with Crippen LogP contribution in [0.3, 0.4) is 0 Å². The average molecular weight is 277 g/mol. The molecule has 0 bridgehead atoms. The quantitative estimate of drug-likeness (QED) is 0.492. The van der Waals surface area contributed by atoms with Gasteiger partial charge in [-0.15, -0.1) is 0 Å². The molecule has 1 aliphatic heterocycles. The highest BCUT2D eigenvalue weighted by Gasteiger charge is 2.22. The Morgan fingerprint density at radius 3 is 2.70 bits per heavy atom. The van der Waals surface area contributed by atoms with Crippen molar-refractivity contribution in [3.63, 3.8) is 0 Å². The molecule has 1 N–H and O–H groups in total. The fourth-order valence-electron chi connectivity index (χ4n) is 2.32. The number of ether oxygens (including phenoxy) is 2. The fraction of sp³-hybridized carbons (Fsp3) is 0.562. The Hall–Kier alpha value is -1.55. The zero-order valence-electron chi connectivity index (χ0n) is 12.2. The smallest absolute Gasteiger partial charge is 0.119 e. The van der Waals surface area contributed by atoms with Crippen LogP contribution < -0.4 is 4.74 Å². The first kappa shape index (κ1) is 14.9. The molecule has 20 heavy (non-hydrogen) atoms. The van der Waals surface area contributed by atoms with Gasteiger partial charge in [0, 0.05) is 0 Å². The van der Waals surface area contributed by atoms with Crippen molar-refractivity contribution in [2.24, 2.45) is 5.16 Å². The van der Waals surface area contributed by atoms with E-state index in [9.17, 15) is 0 Å². The summed E-state index contributed by atoms with van der Waals surface area (Å²) in [5.74, 6) is 0.879. The van der Waals surface area contributed by atoms with E-state index in [1.807, 2.05) is 19.1 Å². The highest BCUT2D eigenvalue weighted by Crippen LogP contribution is 2.21. The van der Waals surface area contributed by atoms with Crippen LogP contribution in [-0.4, -0.2) is 29.7 Å². The van der Waals surface area contributed by atoms with E-state index in [-0.39, 0.29) is 6.10 Å². The monoisotopic (exact) mass is 277 g/mol. The van der Waals surface area contributed by atoms with Crippen LogP contribution in [0.4, 0.5) is 0 Å². The molecule has 2 rings (SSSR count). The molecule has 0 spiro atoms. The van der Waals surface area contributed by atoms with E-state index in [1.165, 1.54) is 5.56 Å². The van der Waals surface area contributed by atoms with E-state index in [0.29, 0.717) is 12.7 Å². The van der Waals surface area contributed by atoms with Gasteiger partial charge in [0.25, 0.3) is 0 Å². The first-order chi connectivity index (χ1) is 9.67. The van der Waals surface area contributed by atoms with Crippen molar-refractivity contribution in [2.45, 2.75) is 51.7 Å². The van der Waals surface area contributed by atoms with Crippen molar-refractivity contribution < 1.29 is 14.7 Å². The standard InChI is InChI=1S/C16H23NO3/c1-12(17-18)3-5-14-6-9-15(10-7-14)19-11-16-8-4-13(2)20-16/h6-7,9-10,13,16,18H,3-5,8,11H2,1-2H3/b17-12+. The second kappa shape index (κ2) is 7.29. The van der Waals surface area contributed by atoms with Crippen LogP contribution in [0.1, 0.15) is 38.7 Å². The summed E-state index contributed by atoms with van der Waals surface area (Å²) in [5, 5.41) is 11.8. The Morgan fingerprint density at radius 1 is 1.35 bits per heavy atom. The van der Waals surface area contributed by atoms with Crippen LogP contribution in [0.15, 0.2) is 29.4 Å². The Balaban J connectivity index is 1.76. The maximum atomic E-state index is 8.61. The molecule has 4 heteroatoms. The van der Waals surface area contributed by atoms with Gasteiger partial charge in [-0.1, -0.05) is 17.3 Å². The fourth-order valence-corrected chi connectivity index (χ4v) is 2.32. The van der Waals surface area contributed by atoms with Crippen molar-refractivity contribution in [3.05, 3.63) is 29.8 Å². The second-order valence-corrected chi connectivity index (χ2v) is 5.44. The van der Waals surface area contributed by atoms with Crippen LogP contribution in [0.5, 0.6) is 5.75 Å². The maximum Gasteiger partial charge on any atom is 0.119 e. The zero-order chi connectivity index (χ0) is 14.4. The number of nitrogens with zero attached hydrogens (tertiary/aromatic N) is 1. The highest BCUT2D eigenvalue weighted by atomic mass is 16.5. The molecule has 0 amide bonds. The first-order valence-electron chi connectivity index (χ1n) is 7.22. The Morgan fingerprint density at radius 2 is 2.10 bits per heavy atom. The number of hydrogen-bond donors (Lipinski definition) is 1. The van der Waals surface area contributed by atoms with Crippen LogP contribution >= 0.6 is 0 Å². The lowest BCUT2D eigenvalue weighted by Crippen LogP contribution is -2.17. The summed E-state index contributed by atoms with van der Waals surface area (Å²) >= 11 is 0. The lowest BCUT2D eigenvalue weighted by molar-refractivity contribution is 0.0264. The molecule has 1 fully saturated rings. The summed E-state index contributed by atoms with van der Waals surface area (Å²) in [6, 6.07) is 8.08. The molecule has 110 valence electrons. The number of hydrogen-bond acceptors (Lipinski definition) is 4. The highest BCUT2D eigenvalue weighted by molar-refractivity contribution is 5.81. The maximum absolute atomic E-state index is 8.61. The van der Waals surface area contributed by atoms with Crippen LogP contribution in [0.2, 0.25) is 0 Å². The Kier molecular flexibility index (Phi) is 5.41. The third-order valence-corrected chi connectivity index (χ3v) is 3.63. The van der Waals surface area contributed by atoms with Crippen LogP contribution in [-0.2, 0) is 11.2 Å². The normalized spacial score (nSPS) is 23.0. The van der Waals surface area contributed by atoms with Crippen LogP contribution in [0.25, 0.3) is 0 Å². The van der Waals surface area contributed by atoms with E-state index in [0.717, 1.165) is 37.1 Å². The minimum absolute atomic E-state index is 0.230. The van der Waals surface area contributed by atoms with E-state index < -0.39 is 0 Å². The van der Waals surface area contributed by atoms with Crippen molar-refractivity contribution in [2.75, 3.05) is 6.61 Å². The van der Waals surface area contributed by atoms with Gasteiger partial charge in [0.1, 0.15) is 12.4 Å². The molecule has 0 radical (unpaired) electrons. The molecule has 1 aromatic rings. The topological polar surface area (TPSA) is 51.0 Å². The molecule has 1 heterocycles. The van der Waals surface area contributed by atoms with E-state index in [2.05, 4.69) is 24.2 Å². The first-order valence-corrected chi connectivity index (χ1v) is 7.22. The molecule has 0 aromatic heterocycles. The van der Waals surface area contributed by atoms with E-state index in [4.69, 9.17) is 14.7 Å². The van der Waals surface area contributed by atoms with Gasteiger partial charge in [-0.05, 0) is 57.2 Å². The SMILES string of the molecule is C/C(CCc1ccc(OCC2CCC(C)O2)cc1)=N\O. The summed E-state index contributed by atoms with van der Waals surface area (Å²) < 4.78 is 11.5. The predicted octanol–water partition coefficient (Wildman–Crippen LogP) is 3.42. The molecule has 0 aliphatic carbocycles. The summed E-state index contributed by atoms with van der Waals surface area (Å²) in [4.78, 5) is 0. The lowest BCUT2D eigenvalue weighted by atomic mass is 10.1. The van der Waals surface area contributed by atoms with Gasteiger partial charge < -0.3 is 14.7 Å². The Bertz CT molecular complexity index is 442. The average Bonchev–Trinajstić information content (AvgIpc) is 2.89. The van der Waals surface area contributed by atoms with Gasteiger partial charge in [0.05, 0.1) is 17.9 Å². The largest absolute Gasteiger partial charge is 0.491 e. The lowest BCUT2D eigenvalue weighted by Gasteiger charge is -2.13. The zero-order valence-corrected chi connectivity index (χ0v) is 12.2. The van der Waals surface area contributed by atoms with E-state index in [1.54, 1.807) is 0 Å². The van der Waals surface area contributed by atoms with Gasteiger partial charge in [0.2, 0.25) is 0 Å². The molecule has 1 aliphatic rings. The van der Waals surface area contributed by atoms with E-state index >= 15 is 0 Å². The van der Waals surface area contributed by atoms with Crippen LogP contribution in [0, 0.1) is 0 Å². The van der Waals surface area contributed by atoms with Crippen molar-refractivity contribution in [1.82, 2.24) is 0 Å². The van der Waals surface area contributed by atoms with Crippen molar-refractivity contribution >= 4 is 5.71 Å². The summed E-state index contributed by atoms with van der Waals surface area (Å²) in [6.07, 6.45) is 4.44. The van der Waals surface area contributed by atoms with Crippen molar-refractivity contribution in [3.8, 4) is 5.75 Å². The molecule has 1 aromatic carbocycles. The number of oxime groups is 1. The number of rotatable bonds is 6. The van der Waals surface area contributed by atoms with Gasteiger partial charge >= 0.3 is 0 Å². The molecule has 4 nitrogen and oxygen atoms in total. The predicted molar refractivity (Wildman–Crippen MR) is 78.7 cm³/mol. The number of benzene rings is 1. The third kappa shape index (κ3) is 4.53. The molecule has 2 unspecified atom stereocenters. The molecule has 0 saturated carbocycles. The third-order valence-electron chi connectivity index (χ3n) is 3.63. The Labute approximate surface area is 120 Å². The molecule has 1 saturated heterocycles. The van der Waals surface area contributed by atoms with Gasteiger partial charge in [0.15, 0.2) is 0 Å². The second-order valence-electron chi connectivity index (χ2n) is 5.44. The summed E-state index contributed by atoms with van der Waals surface area (Å²) in [6.45, 7) is 4.55. The summed E-state index contributed by atoms with van der Waals surface area (Å²) in [5.41, 5.74) is 1.96. The molecular weight excluding hydrogens is 254 g/mol. The minimum atomic E-state index is 0.230. The molecular formula is C16H23NO3. The summed E-state index contributed by atoms with van der Waals surface area (Å²) in [7, 11) is 0. The van der Waals surface area contributed by atoms with Gasteiger partial charge in [-0.3, -0.25) is 0 Å². The van der Waals surface area contributed by atoms with Gasteiger partial charge in [-0.2, -0.15) is 0 Å². The van der Waals surface area contributed by atoms with Crippen molar-refractivity contribution in [1.29, 1.82) is 0 Å². The molecule has 2 atom stereocenters. The number of aryl methyl sites for hydroxylation is 1. The van der Waals surface area contributed by atoms with Gasteiger partial charge in [-0.25, -0.2) is 0 Å². The minimum Gasteiger partial charge on any atom is -0.491 e.